The first-order valence-electron chi connectivity index (χ1n) is 19.0. The molecule has 7 rings (SSSR count). The van der Waals surface area contributed by atoms with Gasteiger partial charge in [0.25, 0.3) is 0 Å². The van der Waals surface area contributed by atoms with Crippen molar-refractivity contribution in [3.8, 4) is 5.75 Å². The molecule has 0 aliphatic heterocycles. The number of anilines is 1. The Morgan fingerprint density at radius 2 is 1.41 bits per heavy atom. The number of carbonyl (C=O) groups excluding carboxylic acids is 2. The number of fused-ring (bicyclic) bond motifs is 1. The number of para-hydroxylation sites is 1. The van der Waals surface area contributed by atoms with Crippen LogP contribution in [0.4, 0.5) is 5.69 Å². The highest BCUT2D eigenvalue weighted by molar-refractivity contribution is 7.89. The van der Waals surface area contributed by atoms with E-state index >= 15 is 0 Å². The van der Waals surface area contributed by atoms with E-state index in [0.29, 0.717) is 22.5 Å². The van der Waals surface area contributed by atoms with E-state index < -0.39 is 28.4 Å². The third-order valence-corrected chi connectivity index (χ3v) is 12.1. The van der Waals surface area contributed by atoms with Crippen molar-refractivity contribution in [2.45, 2.75) is 62.7 Å². The van der Waals surface area contributed by atoms with E-state index in [1.165, 1.54) is 55.7 Å². The third-order valence-electron chi connectivity index (χ3n) is 10.3. The molecule has 0 spiro atoms. The average molecular weight is 768 g/mol. The number of hydrogen-bond donors (Lipinski definition) is 0. The van der Waals surface area contributed by atoms with Gasteiger partial charge in [0.1, 0.15) is 29.4 Å². The smallest absolute Gasteiger partial charge is 0.342 e. The monoisotopic (exact) mass is 767 g/mol. The molecule has 0 unspecified atom stereocenters. The molecule has 1 amide bonds. The second-order valence-electron chi connectivity index (χ2n) is 14.2. The van der Waals surface area contributed by atoms with Crippen LogP contribution in [0.3, 0.4) is 0 Å². The molecule has 0 atom stereocenters. The maximum atomic E-state index is 14.5. The SMILES string of the molecule is CN(CC(=O)N(Cc1ccc(C2CCCCC2)cc1)c1ccc(C(=O)OCc2ccccc2)c(OCc2ccccc2)c1)S(=O)(=O)c1cccc2cccnc12. The van der Waals surface area contributed by atoms with Crippen LogP contribution in [-0.4, -0.2) is 43.2 Å². The predicted octanol–water partition coefficient (Wildman–Crippen LogP) is 9.07. The van der Waals surface area contributed by atoms with Gasteiger partial charge in [0.2, 0.25) is 15.9 Å². The number of carbonyl (C=O) groups is 2. The number of ether oxygens (including phenoxy) is 2. The van der Waals surface area contributed by atoms with Crippen molar-refractivity contribution in [1.82, 2.24) is 9.29 Å². The van der Waals surface area contributed by atoms with E-state index in [4.69, 9.17) is 9.47 Å². The van der Waals surface area contributed by atoms with Crippen LogP contribution in [0.2, 0.25) is 0 Å². The normalized spacial score (nSPS) is 13.4. The van der Waals surface area contributed by atoms with Crippen molar-refractivity contribution < 1.29 is 27.5 Å². The molecule has 1 aromatic heterocycles. The van der Waals surface area contributed by atoms with Crippen molar-refractivity contribution in [2.75, 3.05) is 18.5 Å². The van der Waals surface area contributed by atoms with Crippen LogP contribution >= 0.6 is 0 Å². The summed E-state index contributed by atoms with van der Waals surface area (Å²) in [6.07, 6.45) is 7.61. The second kappa shape index (κ2) is 17.7. The molecule has 9 nitrogen and oxygen atoms in total. The molecule has 1 saturated carbocycles. The molecule has 6 aromatic rings. The van der Waals surface area contributed by atoms with Crippen molar-refractivity contribution in [3.05, 3.63) is 167 Å². The van der Waals surface area contributed by atoms with Gasteiger partial charge in [-0.05, 0) is 65.3 Å². The molecule has 1 heterocycles. The van der Waals surface area contributed by atoms with Crippen molar-refractivity contribution in [1.29, 1.82) is 0 Å². The molecule has 1 aliphatic rings. The van der Waals surface area contributed by atoms with Gasteiger partial charge >= 0.3 is 5.97 Å². The number of amides is 1. The van der Waals surface area contributed by atoms with Crippen LogP contribution in [0.15, 0.2) is 145 Å². The van der Waals surface area contributed by atoms with Gasteiger partial charge in [-0.1, -0.05) is 122 Å². The van der Waals surface area contributed by atoms with Crippen molar-refractivity contribution in [3.63, 3.8) is 0 Å². The minimum Gasteiger partial charge on any atom is -0.488 e. The lowest BCUT2D eigenvalue weighted by molar-refractivity contribution is -0.118. The minimum atomic E-state index is -4.12. The summed E-state index contributed by atoms with van der Waals surface area (Å²) in [7, 11) is -2.73. The van der Waals surface area contributed by atoms with Crippen molar-refractivity contribution in [2.24, 2.45) is 0 Å². The molecule has 0 N–H and O–H groups in total. The fourth-order valence-electron chi connectivity index (χ4n) is 7.15. The highest BCUT2D eigenvalue weighted by Gasteiger charge is 2.29. The highest BCUT2D eigenvalue weighted by Crippen LogP contribution is 2.34. The first-order valence-corrected chi connectivity index (χ1v) is 20.4. The van der Waals surface area contributed by atoms with Gasteiger partial charge in [-0.15, -0.1) is 0 Å². The number of sulfonamides is 1. The van der Waals surface area contributed by atoms with Gasteiger partial charge in [0.05, 0.1) is 18.6 Å². The number of benzene rings is 5. The molecule has 56 heavy (non-hydrogen) atoms. The van der Waals surface area contributed by atoms with E-state index in [-0.39, 0.29) is 36.0 Å². The van der Waals surface area contributed by atoms with Crippen LogP contribution in [-0.2, 0) is 39.3 Å². The molecular formula is C46H45N3O6S. The molecule has 10 heteroatoms. The summed E-state index contributed by atoms with van der Waals surface area (Å²) < 4.78 is 41.0. The Labute approximate surface area is 328 Å². The van der Waals surface area contributed by atoms with Gasteiger partial charge in [0.15, 0.2) is 0 Å². The molecule has 5 aromatic carbocycles. The van der Waals surface area contributed by atoms with Gasteiger partial charge < -0.3 is 14.4 Å². The maximum Gasteiger partial charge on any atom is 0.342 e. The Hall–Kier alpha value is -5.84. The van der Waals surface area contributed by atoms with Crippen LogP contribution in [0, 0.1) is 0 Å². The van der Waals surface area contributed by atoms with Crippen LogP contribution in [0.1, 0.15) is 70.6 Å². The highest BCUT2D eigenvalue weighted by atomic mass is 32.2. The first kappa shape index (κ1) is 38.4. The number of likely N-dealkylation sites (N-methyl/N-ethyl adjacent to an activating group) is 1. The number of rotatable bonds is 14. The Morgan fingerprint density at radius 1 is 0.732 bits per heavy atom. The molecule has 0 bridgehead atoms. The molecule has 1 aliphatic carbocycles. The molecule has 286 valence electrons. The Bertz CT molecular complexity index is 2380. The summed E-state index contributed by atoms with van der Waals surface area (Å²) in [5.74, 6) is -0.280. The van der Waals surface area contributed by atoms with Crippen LogP contribution < -0.4 is 9.64 Å². The zero-order valence-corrected chi connectivity index (χ0v) is 32.2. The minimum absolute atomic E-state index is 0.0192. The lowest BCUT2D eigenvalue weighted by Gasteiger charge is -2.27. The van der Waals surface area contributed by atoms with Gasteiger partial charge in [-0.2, -0.15) is 4.31 Å². The van der Waals surface area contributed by atoms with E-state index in [2.05, 4.69) is 17.1 Å². The lowest BCUT2D eigenvalue weighted by Crippen LogP contribution is -2.41. The molecule has 1 fully saturated rings. The van der Waals surface area contributed by atoms with E-state index in [1.807, 2.05) is 72.8 Å². The summed E-state index contributed by atoms with van der Waals surface area (Å²) in [5, 5.41) is 0.678. The van der Waals surface area contributed by atoms with E-state index in [1.54, 1.807) is 48.7 Å². The summed E-state index contributed by atoms with van der Waals surface area (Å²) in [6.45, 7) is -0.0515. The lowest BCUT2D eigenvalue weighted by atomic mass is 9.84. The van der Waals surface area contributed by atoms with Gasteiger partial charge in [-0.3, -0.25) is 9.78 Å². The summed E-state index contributed by atoms with van der Waals surface area (Å²) >= 11 is 0. The largest absolute Gasteiger partial charge is 0.488 e. The van der Waals surface area contributed by atoms with Crippen LogP contribution in [0.25, 0.3) is 10.9 Å². The molecular weight excluding hydrogens is 723 g/mol. The van der Waals surface area contributed by atoms with E-state index in [9.17, 15) is 18.0 Å². The standard InChI is InChI=1S/C46H45N3O6S/c1-48(56(52,53)43-21-11-19-39-20-12-28-47-45(39)43)31-44(50)49(30-34-22-24-38(25-23-34)37-17-9-4-10-18-37)40-26-27-41(46(51)55-33-36-15-7-3-8-16-36)42(29-40)54-32-35-13-5-2-6-14-35/h2-3,5-8,11-16,19-29,37H,4,9-10,17-18,30-33H2,1H3. The average Bonchev–Trinajstić information content (AvgIpc) is 3.24. The van der Waals surface area contributed by atoms with Crippen molar-refractivity contribution >= 4 is 38.5 Å². The summed E-state index contributed by atoms with van der Waals surface area (Å²) in [6, 6.07) is 40.8. The predicted molar refractivity (Wildman–Crippen MR) is 218 cm³/mol. The zero-order chi connectivity index (χ0) is 38.9. The second-order valence-corrected chi connectivity index (χ2v) is 16.2. The Balaban J connectivity index is 1.21. The number of nitrogens with zero attached hydrogens (tertiary/aromatic N) is 3. The Morgan fingerprint density at radius 3 is 2.12 bits per heavy atom. The third kappa shape index (κ3) is 9.16. The topological polar surface area (TPSA) is 106 Å². The van der Waals surface area contributed by atoms with E-state index in [0.717, 1.165) is 21.0 Å². The quantitative estimate of drug-likeness (QED) is 0.102. The summed E-state index contributed by atoms with van der Waals surface area (Å²) in [5.41, 5.74) is 4.87. The fourth-order valence-corrected chi connectivity index (χ4v) is 8.44. The fraction of sp³-hybridized carbons (Fsp3) is 0.239. The number of aromatic nitrogens is 1. The summed E-state index contributed by atoms with van der Waals surface area (Å²) in [4.78, 5) is 33.9. The number of hydrogen-bond acceptors (Lipinski definition) is 7. The molecule has 0 saturated heterocycles. The number of pyridine rings is 1. The number of esters is 1. The van der Waals surface area contributed by atoms with Gasteiger partial charge in [-0.25, -0.2) is 13.2 Å². The zero-order valence-electron chi connectivity index (χ0n) is 31.4. The first-order chi connectivity index (χ1) is 27.3. The van der Waals surface area contributed by atoms with Gasteiger partial charge in [0, 0.05) is 30.4 Å². The Kier molecular flexibility index (Phi) is 12.2. The molecule has 0 radical (unpaired) electrons. The maximum absolute atomic E-state index is 14.5. The van der Waals surface area contributed by atoms with Crippen LogP contribution in [0.5, 0.6) is 5.75 Å².